The van der Waals surface area contributed by atoms with E-state index in [9.17, 15) is 9.59 Å². The van der Waals surface area contributed by atoms with Crippen LogP contribution in [0.1, 0.15) is 76.3 Å². The van der Waals surface area contributed by atoms with Gasteiger partial charge in [-0.2, -0.15) is 0 Å². The van der Waals surface area contributed by atoms with Crippen LogP contribution in [0.3, 0.4) is 0 Å². The summed E-state index contributed by atoms with van der Waals surface area (Å²) in [7, 11) is 0. The Morgan fingerprint density at radius 1 is 0.500 bits per heavy atom. The largest absolute Gasteiger partial charge is 0.412 e. The lowest BCUT2D eigenvalue weighted by atomic mass is 9.92. The number of nitrogens with one attached hydrogen (secondary N) is 2. The molecule has 4 rings (SSSR count). The molecule has 4 aromatic carbocycles. The van der Waals surface area contributed by atoms with Gasteiger partial charge in [0.1, 0.15) is 11.5 Å². The fourth-order valence-electron chi connectivity index (χ4n) is 5.30. The summed E-state index contributed by atoms with van der Waals surface area (Å²) >= 11 is 0. The van der Waals surface area contributed by atoms with Crippen LogP contribution >= 0.6 is 0 Å². The van der Waals surface area contributed by atoms with E-state index in [0.717, 1.165) is 47.9 Å². The highest BCUT2D eigenvalue weighted by Gasteiger charge is 2.16. The molecular formula is C38H44N2O4. The minimum atomic E-state index is -0.458. The zero-order chi connectivity index (χ0) is 31.3. The van der Waals surface area contributed by atoms with E-state index < -0.39 is 12.2 Å². The molecule has 2 amide bonds. The fourth-order valence-corrected chi connectivity index (χ4v) is 5.30. The summed E-state index contributed by atoms with van der Waals surface area (Å²) in [5.41, 5.74) is 6.38. The molecule has 44 heavy (non-hydrogen) atoms. The van der Waals surface area contributed by atoms with Gasteiger partial charge in [-0.3, -0.25) is 0 Å². The van der Waals surface area contributed by atoms with E-state index in [2.05, 4.69) is 62.6 Å². The van der Waals surface area contributed by atoms with Gasteiger partial charge in [0.2, 0.25) is 0 Å². The molecule has 0 radical (unpaired) electrons. The zero-order valence-corrected chi connectivity index (χ0v) is 26.3. The minimum Gasteiger partial charge on any atom is -0.410 e. The third kappa shape index (κ3) is 8.96. The number of carbonyl (C=O) groups excluding carboxylic acids is 2. The van der Waals surface area contributed by atoms with Gasteiger partial charge < -0.3 is 20.1 Å². The molecule has 0 aromatic heterocycles. The van der Waals surface area contributed by atoms with Crippen molar-refractivity contribution in [2.45, 2.75) is 65.2 Å². The van der Waals surface area contributed by atoms with E-state index >= 15 is 0 Å². The predicted molar refractivity (Wildman–Crippen MR) is 178 cm³/mol. The summed E-state index contributed by atoms with van der Waals surface area (Å²) in [4.78, 5) is 25.1. The Kier molecular flexibility index (Phi) is 12.0. The van der Waals surface area contributed by atoms with E-state index in [-0.39, 0.29) is 0 Å². The van der Waals surface area contributed by atoms with Crippen LogP contribution in [0.4, 0.5) is 9.59 Å². The SMILES string of the molecule is CC(C)c1ccccc1-c1ccccc1OC(=O)NCCCCCCNC(=O)Oc1ccccc1-c1ccccc1C(C)C. The van der Waals surface area contributed by atoms with Gasteiger partial charge >= 0.3 is 12.2 Å². The first-order valence-electron chi connectivity index (χ1n) is 15.6. The molecule has 6 nitrogen and oxygen atoms in total. The van der Waals surface area contributed by atoms with Gasteiger partial charge in [0, 0.05) is 24.2 Å². The van der Waals surface area contributed by atoms with Crippen LogP contribution in [0, 0.1) is 0 Å². The third-order valence-corrected chi connectivity index (χ3v) is 7.57. The first kappa shape index (κ1) is 32.3. The van der Waals surface area contributed by atoms with Gasteiger partial charge in [-0.05, 0) is 59.1 Å². The van der Waals surface area contributed by atoms with Gasteiger partial charge in [-0.15, -0.1) is 0 Å². The highest BCUT2D eigenvalue weighted by atomic mass is 16.6. The third-order valence-electron chi connectivity index (χ3n) is 7.57. The summed E-state index contributed by atoms with van der Waals surface area (Å²) < 4.78 is 11.4. The van der Waals surface area contributed by atoms with Crippen molar-refractivity contribution >= 4 is 12.2 Å². The van der Waals surface area contributed by atoms with Gasteiger partial charge in [-0.1, -0.05) is 125 Å². The Balaban J connectivity index is 1.16. The van der Waals surface area contributed by atoms with Crippen LogP contribution in [-0.2, 0) is 0 Å². The van der Waals surface area contributed by atoms with Crippen molar-refractivity contribution in [1.29, 1.82) is 0 Å². The number of hydrogen-bond acceptors (Lipinski definition) is 4. The molecule has 0 unspecified atom stereocenters. The van der Waals surface area contributed by atoms with Gasteiger partial charge in [0.15, 0.2) is 0 Å². The van der Waals surface area contributed by atoms with E-state index in [4.69, 9.17) is 9.47 Å². The Hall–Kier alpha value is -4.58. The normalized spacial score (nSPS) is 11.0. The number of benzene rings is 4. The highest BCUT2D eigenvalue weighted by Crippen LogP contribution is 2.36. The Morgan fingerprint density at radius 3 is 1.23 bits per heavy atom. The quantitative estimate of drug-likeness (QED) is 0.152. The summed E-state index contributed by atoms with van der Waals surface area (Å²) in [6.07, 6.45) is 2.56. The second-order valence-corrected chi connectivity index (χ2v) is 11.5. The maximum Gasteiger partial charge on any atom is 0.412 e. The highest BCUT2D eigenvalue weighted by molar-refractivity contribution is 5.79. The molecular weight excluding hydrogens is 548 g/mol. The molecule has 0 aliphatic rings. The summed E-state index contributed by atoms with van der Waals surface area (Å²) in [5.74, 6) is 1.79. The molecule has 0 heterocycles. The Bertz CT molecular complexity index is 1410. The molecule has 0 fully saturated rings. The lowest BCUT2D eigenvalue weighted by molar-refractivity contribution is 0.199. The smallest absolute Gasteiger partial charge is 0.410 e. The molecule has 0 saturated heterocycles. The minimum absolute atomic E-state index is 0.350. The van der Waals surface area contributed by atoms with E-state index in [1.54, 1.807) is 0 Å². The van der Waals surface area contributed by atoms with Crippen molar-refractivity contribution in [2.75, 3.05) is 13.1 Å². The molecule has 2 N–H and O–H groups in total. The number of rotatable bonds is 13. The lowest BCUT2D eigenvalue weighted by Gasteiger charge is -2.16. The maximum absolute atomic E-state index is 12.5. The molecule has 4 aromatic rings. The van der Waals surface area contributed by atoms with E-state index in [1.165, 1.54) is 11.1 Å². The van der Waals surface area contributed by atoms with E-state index in [0.29, 0.717) is 36.4 Å². The molecule has 0 spiro atoms. The number of carbonyl (C=O) groups is 2. The van der Waals surface area contributed by atoms with Crippen LogP contribution in [0.25, 0.3) is 22.3 Å². The Labute approximate surface area is 261 Å². The lowest BCUT2D eigenvalue weighted by Crippen LogP contribution is -2.28. The van der Waals surface area contributed by atoms with Crippen molar-refractivity contribution in [1.82, 2.24) is 10.6 Å². The molecule has 6 heteroatoms. The van der Waals surface area contributed by atoms with Crippen molar-refractivity contribution in [3.8, 4) is 33.8 Å². The molecule has 0 atom stereocenters. The van der Waals surface area contributed by atoms with Crippen LogP contribution < -0.4 is 20.1 Å². The fraction of sp³-hybridized carbons (Fsp3) is 0.316. The van der Waals surface area contributed by atoms with Crippen molar-refractivity contribution < 1.29 is 19.1 Å². The van der Waals surface area contributed by atoms with Crippen LogP contribution in [0.5, 0.6) is 11.5 Å². The summed E-state index contributed by atoms with van der Waals surface area (Å²) in [6, 6.07) is 31.7. The summed E-state index contributed by atoms with van der Waals surface area (Å²) in [6.45, 7) is 9.67. The monoisotopic (exact) mass is 592 g/mol. The number of para-hydroxylation sites is 2. The first-order chi connectivity index (χ1) is 21.3. The zero-order valence-electron chi connectivity index (χ0n) is 26.3. The molecule has 0 aliphatic carbocycles. The standard InChI is InChI=1S/C38H44N2O4/c1-27(2)29-17-7-9-19-31(29)33-21-11-13-23-35(33)43-37(41)39-25-15-5-6-16-26-40-38(42)44-36-24-14-12-22-34(36)32-20-10-8-18-30(32)28(3)4/h7-14,17-24,27-28H,5-6,15-16,25-26H2,1-4H3,(H,39,41)(H,40,42). The number of ether oxygens (including phenoxy) is 2. The Morgan fingerprint density at radius 2 is 0.841 bits per heavy atom. The molecule has 0 bridgehead atoms. The van der Waals surface area contributed by atoms with E-state index in [1.807, 2.05) is 72.8 Å². The van der Waals surface area contributed by atoms with Crippen molar-refractivity contribution in [2.24, 2.45) is 0 Å². The number of amides is 2. The topological polar surface area (TPSA) is 76.7 Å². The first-order valence-corrected chi connectivity index (χ1v) is 15.6. The predicted octanol–water partition coefficient (Wildman–Crippen LogP) is 9.70. The number of hydrogen-bond donors (Lipinski definition) is 2. The molecule has 0 saturated carbocycles. The van der Waals surface area contributed by atoms with Crippen molar-refractivity contribution in [3.05, 3.63) is 108 Å². The number of unbranched alkanes of at least 4 members (excludes halogenated alkanes) is 3. The van der Waals surface area contributed by atoms with Gasteiger partial charge in [0.05, 0.1) is 0 Å². The summed E-state index contributed by atoms with van der Waals surface area (Å²) in [5, 5.41) is 5.72. The average Bonchev–Trinajstić information content (AvgIpc) is 3.03. The van der Waals surface area contributed by atoms with Gasteiger partial charge in [-0.25, -0.2) is 9.59 Å². The van der Waals surface area contributed by atoms with Crippen LogP contribution in [0.2, 0.25) is 0 Å². The maximum atomic E-state index is 12.5. The average molecular weight is 593 g/mol. The molecule has 0 aliphatic heterocycles. The van der Waals surface area contributed by atoms with Crippen molar-refractivity contribution in [3.63, 3.8) is 0 Å². The molecule has 230 valence electrons. The van der Waals surface area contributed by atoms with Gasteiger partial charge in [0.25, 0.3) is 0 Å². The second kappa shape index (κ2) is 16.3. The van der Waals surface area contributed by atoms with Crippen LogP contribution in [-0.4, -0.2) is 25.3 Å². The second-order valence-electron chi connectivity index (χ2n) is 11.5. The van der Waals surface area contributed by atoms with Crippen LogP contribution in [0.15, 0.2) is 97.1 Å².